The molecule has 0 radical (unpaired) electrons. The molecule has 0 spiro atoms. The number of carbonyl (C=O) groups is 3. The molecule has 0 aromatic carbocycles. The lowest BCUT2D eigenvalue weighted by molar-refractivity contribution is -0.168. The second-order valence-electron chi connectivity index (χ2n) is 14.4. The van der Waals surface area contributed by atoms with Crippen molar-refractivity contribution in [2.75, 3.05) is 33.2 Å². The molecule has 1 amide bonds. The third kappa shape index (κ3) is 13.4. The van der Waals surface area contributed by atoms with Crippen LogP contribution in [0.5, 0.6) is 0 Å². The Morgan fingerprint density at radius 3 is 2.42 bits per heavy atom. The van der Waals surface area contributed by atoms with Crippen LogP contribution in [0.1, 0.15) is 95.4 Å². The fourth-order valence-corrected chi connectivity index (χ4v) is 6.40. The summed E-state index contributed by atoms with van der Waals surface area (Å²) in [6, 6.07) is 0. The van der Waals surface area contributed by atoms with Gasteiger partial charge < -0.3 is 44.1 Å². The van der Waals surface area contributed by atoms with E-state index in [0.29, 0.717) is 44.6 Å². The predicted octanol–water partition coefficient (Wildman–Crippen LogP) is 4.80. The molecule has 50 heavy (non-hydrogen) atoms. The summed E-state index contributed by atoms with van der Waals surface area (Å²) in [5, 5.41) is 31.9. The molecule has 0 aliphatic carbocycles. The van der Waals surface area contributed by atoms with Crippen molar-refractivity contribution < 1.29 is 48.7 Å². The molecular formula is C38H66N2O10. The van der Waals surface area contributed by atoms with E-state index in [1.807, 2.05) is 34.7 Å². The fourth-order valence-electron chi connectivity index (χ4n) is 6.40. The molecule has 0 bridgehead atoms. The number of hydrogen-bond donors (Lipinski definition) is 3. The zero-order valence-electron chi connectivity index (χ0n) is 30.0. The fraction of sp³-hybridized carbons (Fsp3) is 0.763. The van der Waals surface area contributed by atoms with Crippen LogP contribution in [0.4, 0.5) is 4.79 Å². The van der Waals surface area contributed by atoms with Crippen molar-refractivity contribution in [3.8, 4) is 0 Å². The number of piperazine rings is 1. The van der Waals surface area contributed by atoms with Crippen molar-refractivity contribution in [1.29, 1.82) is 0 Å². The quantitative estimate of drug-likeness (QED) is 0.0941. The average molecular weight is 711 g/mol. The van der Waals surface area contributed by atoms with Crippen LogP contribution in [-0.4, -0.2) is 124 Å². The van der Waals surface area contributed by atoms with Crippen LogP contribution in [-0.2, 0) is 28.5 Å². The molecule has 0 unspecified atom stereocenters. The van der Waals surface area contributed by atoms with Gasteiger partial charge in [0.25, 0.3) is 0 Å². The van der Waals surface area contributed by atoms with Crippen LogP contribution in [0.15, 0.2) is 36.0 Å². The third-order valence-corrected chi connectivity index (χ3v) is 9.71. The number of ether oxygens (including phenoxy) is 4. The molecule has 288 valence electrons. The van der Waals surface area contributed by atoms with E-state index >= 15 is 0 Å². The lowest BCUT2D eigenvalue weighted by Crippen LogP contribution is -2.51. The molecule has 3 aliphatic rings. The van der Waals surface area contributed by atoms with Crippen LogP contribution in [0.2, 0.25) is 0 Å². The van der Waals surface area contributed by atoms with Crippen LogP contribution < -0.4 is 0 Å². The highest BCUT2D eigenvalue weighted by molar-refractivity contribution is 5.71. The van der Waals surface area contributed by atoms with Crippen LogP contribution in [0, 0.1) is 11.8 Å². The zero-order chi connectivity index (χ0) is 35.8. The van der Waals surface area contributed by atoms with Crippen LogP contribution in [0.25, 0.3) is 0 Å². The first-order valence-corrected chi connectivity index (χ1v) is 17.3. The van der Waals surface area contributed by atoms with Gasteiger partial charge in [0.05, 0.1) is 36.4 Å². The highest BCUT2D eigenvalue weighted by Gasteiger charge is 2.47. The van der Waals surface area contributed by atoms with Gasteiger partial charge in [-0.2, -0.15) is 0 Å². The maximum absolute atomic E-state index is 13.3. The molecule has 3 rings (SSSR count). The number of epoxide rings is 1. The number of likely N-dealkylation sites (N-methyl/N-ethyl adjacent to an activating group) is 1. The molecular weight excluding hydrogens is 644 g/mol. The summed E-state index contributed by atoms with van der Waals surface area (Å²) < 4.78 is 23.4. The van der Waals surface area contributed by atoms with Gasteiger partial charge in [-0.25, -0.2) is 4.79 Å². The number of cyclic esters (lactones) is 1. The maximum atomic E-state index is 13.3. The summed E-state index contributed by atoms with van der Waals surface area (Å²) in [6.07, 6.45) is 5.57. The number of aliphatic hydroxyl groups excluding tert-OH is 2. The molecule has 10 atom stereocenters. The van der Waals surface area contributed by atoms with Crippen LogP contribution >= 0.6 is 0 Å². The minimum Gasteiger partial charge on any atom is -0.457 e. The summed E-state index contributed by atoms with van der Waals surface area (Å²) in [5.41, 5.74) is -1.79. The van der Waals surface area contributed by atoms with E-state index in [9.17, 15) is 29.7 Å². The summed E-state index contributed by atoms with van der Waals surface area (Å²) in [4.78, 5) is 42.2. The van der Waals surface area contributed by atoms with E-state index in [4.69, 9.17) is 18.9 Å². The smallest absolute Gasteiger partial charge is 0.410 e. The molecule has 0 aromatic rings. The van der Waals surface area contributed by atoms with Crippen molar-refractivity contribution >= 4 is 18.0 Å². The maximum Gasteiger partial charge on any atom is 0.410 e. The van der Waals surface area contributed by atoms with Crippen molar-refractivity contribution in [3.05, 3.63) is 36.0 Å². The molecule has 2 fully saturated rings. The summed E-state index contributed by atoms with van der Waals surface area (Å²) in [6.45, 7) is 14.6. The first-order chi connectivity index (χ1) is 22.4. The van der Waals surface area contributed by atoms with E-state index in [1.54, 1.807) is 49.1 Å². The molecule has 0 saturated carbocycles. The van der Waals surface area contributed by atoms with Gasteiger partial charge in [-0.1, -0.05) is 59.9 Å². The minimum absolute atomic E-state index is 0. The highest BCUT2D eigenvalue weighted by Crippen LogP contribution is 2.37. The number of rotatable bonds is 10. The van der Waals surface area contributed by atoms with E-state index in [0.717, 1.165) is 0 Å². The highest BCUT2D eigenvalue weighted by atomic mass is 16.6. The van der Waals surface area contributed by atoms with Gasteiger partial charge in [0, 0.05) is 51.4 Å². The lowest BCUT2D eigenvalue weighted by atomic mass is 9.88. The molecule has 12 nitrogen and oxygen atoms in total. The summed E-state index contributed by atoms with van der Waals surface area (Å²) in [5.74, 6) is -1.57. The third-order valence-electron chi connectivity index (χ3n) is 9.71. The van der Waals surface area contributed by atoms with Gasteiger partial charge in [0.2, 0.25) is 0 Å². The number of allylic oxidation sites excluding steroid dienone is 2. The molecule has 3 aliphatic heterocycles. The van der Waals surface area contributed by atoms with Gasteiger partial charge in [-0.3, -0.25) is 9.59 Å². The number of esters is 2. The van der Waals surface area contributed by atoms with Gasteiger partial charge in [-0.05, 0) is 58.7 Å². The minimum atomic E-state index is -1.31. The molecule has 12 heteroatoms. The second kappa shape index (κ2) is 19.7. The van der Waals surface area contributed by atoms with E-state index in [1.165, 1.54) is 6.92 Å². The molecule has 0 aromatic heterocycles. The van der Waals surface area contributed by atoms with Crippen molar-refractivity contribution in [1.82, 2.24) is 9.80 Å². The number of amides is 1. The SMILES string of the molecule is C.C.CC[C@H](O)[C@@H](C)[C@H]1O[C@@H]1C[C@@](C)(O)/C=C/C=C(\C)[C@H]1OC(=O)C[C@H](O)CC[C@@](C)(OC(C)=O)[C@@H](OC(=O)N2CCN(C)CC2)/C=C/[C@@H]1C. The summed E-state index contributed by atoms with van der Waals surface area (Å²) in [7, 11) is 1.99. The zero-order valence-corrected chi connectivity index (χ0v) is 30.0. The Bertz CT molecular complexity index is 1190. The van der Waals surface area contributed by atoms with Crippen LogP contribution in [0.3, 0.4) is 0 Å². The number of carbonyl (C=O) groups excluding carboxylic acids is 3. The monoisotopic (exact) mass is 710 g/mol. The largest absolute Gasteiger partial charge is 0.457 e. The number of hydrogen-bond acceptors (Lipinski definition) is 11. The van der Waals surface area contributed by atoms with Crippen molar-refractivity contribution in [3.63, 3.8) is 0 Å². The standard InChI is InChI=1S/C36H58N2O10.2CH4/c1-9-28(41)25(4)33-29(45-33)22-35(6,44)15-10-11-23(2)32-24(3)12-13-30(46-34(43)38-19-17-37(8)18-20-38)36(7,48-26(5)39)16-14-27(40)21-31(42)47-32;;/h10-13,15,24-25,27-30,32-33,40-41,44H,9,14,16-22H2,1-8H3;2*1H4/b13-12+,15-10+,23-11+;;/t24-,25+,27+,28-,29+,30-,32+,33+,35-,36+;;/m0../s1. The Morgan fingerprint density at radius 1 is 1.18 bits per heavy atom. The number of aliphatic hydroxyl groups is 3. The Morgan fingerprint density at radius 2 is 1.82 bits per heavy atom. The lowest BCUT2D eigenvalue weighted by Gasteiger charge is -2.38. The molecule has 2 saturated heterocycles. The topological polar surface area (TPSA) is 159 Å². The predicted molar refractivity (Wildman–Crippen MR) is 193 cm³/mol. The Kier molecular flexibility index (Phi) is 17.9. The summed E-state index contributed by atoms with van der Waals surface area (Å²) >= 11 is 0. The molecule has 3 N–H and O–H groups in total. The van der Waals surface area contributed by atoms with Gasteiger partial charge in [0.1, 0.15) is 11.7 Å². The van der Waals surface area contributed by atoms with Gasteiger partial charge >= 0.3 is 18.0 Å². The van der Waals surface area contributed by atoms with E-state index < -0.39 is 59.6 Å². The van der Waals surface area contributed by atoms with E-state index in [2.05, 4.69) is 4.90 Å². The average Bonchev–Trinajstić information content (AvgIpc) is 3.77. The first kappa shape index (κ1) is 45.3. The van der Waals surface area contributed by atoms with E-state index in [-0.39, 0.29) is 52.2 Å². The van der Waals surface area contributed by atoms with Gasteiger partial charge in [-0.15, -0.1) is 0 Å². The second-order valence-corrected chi connectivity index (χ2v) is 14.4. The first-order valence-electron chi connectivity index (χ1n) is 17.3. The Balaban J connectivity index is 0.00000625. The number of nitrogens with zero attached hydrogens (tertiary/aromatic N) is 2. The van der Waals surface area contributed by atoms with Crippen molar-refractivity contribution in [2.45, 2.75) is 143 Å². The molecule has 3 heterocycles. The van der Waals surface area contributed by atoms with Gasteiger partial charge in [0.15, 0.2) is 6.10 Å². The normalized spacial score (nSPS) is 32.8. The van der Waals surface area contributed by atoms with Crippen molar-refractivity contribution in [2.24, 2.45) is 11.8 Å². The Hall–Kier alpha value is -2.77. The Labute approximate surface area is 300 Å².